The van der Waals surface area contributed by atoms with Crippen LogP contribution in [0.2, 0.25) is 0 Å². The van der Waals surface area contributed by atoms with Gasteiger partial charge in [-0.2, -0.15) is 0 Å². The molecule has 2 aromatic heterocycles. The van der Waals surface area contributed by atoms with E-state index in [1.54, 1.807) is 0 Å². The maximum atomic E-state index is 12.8. The van der Waals surface area contributed by atoms with Gasteiger partial charge in [0, 0.05) is 50.1 Å². The quantitative estimate of drug-likeness (QED) is 0.891. The third kappa shape index (κ3) is 3.16. The lowest BCUT2D eigenvalue weighted by molar-refractivity contribution is 0.252. The van der Waals surface area contributed by atoms with E-state index in [1.165, 1.54) is 5.56 Å². The van der Waals surface area contributed by atoms with Crippen LogP contribution >= 0.6 is 0 Å². The molecular weight excluding hydrogens is 316 g/mol. The molecule has 0 saturated heterocycles. The molecule has 0 radical (unpaired) electrons. The third-order valence-corrected chi connectivity index (χ3v) is 5.30. The average molecular weight is 340 g/mol. The molecule has 4 heterocycles. The first-order valence-electron chi connectivity index (χ1n) is 9.03. The third-order valence-electron chi connectivity index (χ3n) is 5.30. The van der Waals surface area contributed by atoms with Gasteiger partial charge in [0.1, 0.15) is 5.82 Å². The van der Waals surface area contributed by atoms with Gasteiger partial charge in [0.2, 0.25) is 5.95 Å². The second-order valence-corrected chi connectivity index (χ2v) is 6.98. The van der Waals surface area contributed by atoms with Crippen molar-refractivity contribution in [3.8, 4) is 0 Å². The summed E-state index contributed by atoms with van der Waals surface area (Å²) in [6, 6.07) is 0. The molecular formula is C18H24N6O. The summed E-state index contributed by atoms with van der Waals surface area (Å²) >= 11 is 0. The van der Waals surface area contributed by atoms with Crippen LogP contribution in [0.25, 0.3) is 0 Å². The minimum Gasteiger partial charge on any atom is -0.368 e. The van der Waals surface area contributed by atoms with Gasteiger partial charge in [-0.05, 0) is 38.2 Å². The Balaban J connectivity index is 1.50. The number of nitrogens with two attached hydrogens (primary N) is 1. The van der Waals surface area contributed by atoms with Crippen LogP contribution in [-0.2, 0) is 32.4 Å². The summed E-state index contributed by atoms with van der Waals surface area (Å²) in [5.41, 5.74) is 9.80. The number of fused-ring (bicyclic) bond motifs is 2. The molecule has 0 saturated carbocycles. The van der Waals surface area contributed by atoms with E-state index >= 15 is 0 Å². The van der Waals surface area contributed by atoms with E-state index < -0.39 is 0 Å². The molecule has 0 aromatic carbocycles. The monoisotopic (exact) mass is 340 g/mol. The molecule has 0 spiro atoms. The Morgan fingerprint density at radius 2 is 2.08 bits per heavy atom. The Hall–Kier alpha value is -2.28. The minimum absolute atomic E-state index is 0.158. The van der Waals surface area contributed by atoms with Gasteiger partial charge in [0.15, 0.2) is 0 Å². The second kappa shape index (κ2) is 6.55. The van der Waals surface area contributed by atoms with Crippen molar-refractivity contribution < 1.29 is 0 Å². The number of hydrogen-bond acceptors (Lipinski definition) is 6. The molecule has 2 N–H and O–H groups in total. The molecule has 132 valence electrons. The lowest BCUT2D eigenvalue weighted by Crippen LogP contribution is -2.36. The topological polar surface area (TPSA) is 89.9 Å². The van der Waals surface area contributed by atoms with Crippen LogP contribution < -0.4 is 11.3 Å². The highest BCUT2D eigenvalue weighted by molar-refractivity contribution is 5.27. The van der Waals surface area contributed by atoms with Crippen molar-refractivity contribution in [2.75, 3.05) is 18.8 Å². The molecule has 4 rings (SSSR count). The van der Waals surface area contributed by atoms with Gasteiger partial charge in [-0.1, -0.05) is 0 Å². The van der Waals surface area contributed by atoms with Gasteiger partial charge < -0.3 is 5.73 Å². The van der Waals surface area contributed by atoms with Gasteiger partial charge in [0.25, 0.3) is 5.56 Å². The van der Waals surface area contributed by atoms with Crippen LogP contribution in [0.5, 0.6) is 0 Å². The summed E-state index contributed by atoms with van der Waals surface area (Å²) in [4.78, 5) is 28.3. The standard InChI is InChI=1S/C18H24N6O/c1-12-14(17(25)24-7-3-2-4-16(24)21-12)6-9-23-8-5-13-10-20-18(19)22-15(13)11-23/h10H,2-9,11H2,1H3,(H2,19,20,22). The fourth-order valence-electron chi connectivity index (χ4n) is 3.85. The van der Waals surface area contributed by atoms with E-state index in [2.05, 4.69) is 14.9 Å². The predicted octanol–water partition coefficient (Wildman–Crippen LogP) is 0.861. The summed E-state index contributed by atoms with van der Waals surface area (Å²) < 4.78 is 1.88. The number of nitrogen functional groups attached to an aromatic ring is 1. The predicted molar refractivity (Wildman–Crippen MR) is 95.3 cm³/mol. The van der Waals surface area contributed by atoms with Gasteiger partial charge in [-0.15, -0.1) is 0 Å². The largest absolute Gasteiger partial charge is 0.368 e. The number of aryl methyl sites for hydroxylation is 2. The fourth-order valence-corrected chi connectivity index (χ4v) is 3.85. The van der Waals surface area contributed by atoms with Crippen LogP contribution in [0.15, 0.2) is 11.0 Å². The van der Waals surface area contributed by atoms with Gasteiger partial charge in [-0.3, -0.25) is 14.3 Å². The zero-order valence-corrected chi connectivity index (χ0v) is 14.7. The Morgan fingerprint density at radius 3 is 2.96 bits per heavy atom. The van der Waals surface area contributed by atoms with Gasteiger partial charge in [0.05, 0.1) is 5.69 Å². The number of anilines is 1. The number of aromatic nitrogens is 4. The maximum absolute atomic E-state index is 12.8. The summed E-state index contributed by atoms with van der Waals surface area (Å²) in [5, 5.41) is 0. The first-order valence-corrected chi connectivity index (χ1v) is 9.03. The summed E-state index contributed by atoms with van der Waals surface area (Å²) in [5.74, 6) is 1.28. The molecule has 0 atom stereocenters. The summed E-state index contributed by atoms with van der Waals surface area (Å²) in [6.45, 7) is 5.33. The summed E-state index contributed by atoms with van der Waals surface area (Å²) in [6.07, 6.45) is 6.60. The lowest BCUT2D eigenvalue weighted by Gasteiger charge is -2.28. The normalized spacial score (nSPS) is 17.2. The molecule has 0 aliphatic carbocycles. The van der Waals surface area contributed by atoms with Crippen LogP contribution in [0, 0.1) is 6.92 Å². The van der Waals surface area contributed by atoms with Crippen LogP contribution in [-0.4, -0.2) is 37.5 Å². The van der Waals surface area contributed by atoms with Crippen molar-refractivity contribution in [3.05, 3.63) is 44.9 Å². The Labute approximate surface area is 146 Å². The number of nitrogens with zero attached hydrogens (tertiary/aromatic N) is 5. The van der Waals surface area contributed by atoms with Gasteiger partial charge in [-0.25, -0.2) is 15.0 Å². The second-order valence-electron chi connectivity index (χ2n) is 6.98. The maximum Gasteiger partial charge on any atom is 0.256 e. The molecule has 7 nitrogen and oxygen atoms in total. The molecule has 0 amide bonds. The van der Waals surface area contributed by atoms with Crippen molar-refractivity contribution in [2.24, 2.45) is 0 Å². The zero-order valence-electron chi connectivity index (χ0n) is 14.7. The zero-order chi connectivity index (χ0) is 17.4. The molecule has 25 heavy (non-hydrogen) atoms. The highest BCUT2D eigenvalue weighted by Crippen LogP contribution is 2.18. The van der Waals surface area contributed by atoms with Crippen LogP contribution in [0.1, 0.15) is 41.2 Å². The first kappa shape index (κ1) is 16.2. The first-order chi connectivity index (χ1) is 12.1. The Morgan fingerprint density at radius 1 is 1.20 bits per heavy atom. The average Bonchev–Trinajstić information content (AvgIpc) is 2.61. The van der Waals surface area contributed by atoms with Crippen molar-refractivity contribution in [1.29, 1.82) is 0 Å². The van der Waals surface area contributed by atoms with E-state index in [-0.39, 0.29) is 5.56 Å². The Bertz CT molecular complexity index is 859. The van der Waals surface area contributed by atoms with E-state index in [9.17, 15) is 4.79 Å². The highest BCUT2D eigenvalue weighted by Gasteiger charge is 2.20. The molecule has 2 aromatic rings. The highest BCUT2D eigenvalue weighted by atomic mass is 16.1. The number of hydrogen-bond donors (Lipinski definition) is 1. The molecule has 2 aliphatic rings. The van der Waals surface area contributed by atoms with E-state index in [0.717, 1.165) is 81.1 Å². The SMILES string of the molecule is Cc1nc2n(c(=O)c1CCN1CCc3cnc(N)nc3C1)CCCC2. The van der Waals surface area contributed by atoms with Crippen LogP contribution in [0.4, 0.5) is 5.95 Å². The Kier molecular flexibility index (Phi) is 4.25. The molecule has 0 unspecified atom stereocenters. The van der Waals surface area contributed by atoms with E-state index in [1.807, 2.05) is 17.7 Å². The molecule has 0 fully saturated rings. The van der Waals surface area contributed by atoms with Gasteiger partial charge >= 0.3 is 0 Å². The minimum atomic E-state index is 0.158. The van der Waals surface area contributed by atoms with Crippen molar-refractivity contribution in [1.82, 2.24) is 24.4 Å². The summed E-state index contributed by atoms with van der Waals surface area (Å²) in [7, 11) is 0. The van der Waals surface area contributed by atoms with Crippen molar-refractivity contribution in [3.63, 3.8) is 0 Å². The van der Waals surface area contributed by atoms with Crippen molar-refractivity contribution >= 4 is 5.95 Å². The fraction of sp³-hybridized carbons (Fsp3) is 0.556. The molecule has 7 heteroatoms. The molecule has 0 bridgehead atoms. The van der Waals surface area contributed by atoms with Crippen LogP contribution in [0.3, 0.4) is 0 Å². The smallest absolute Gasteiger partial charge is 0.256 e. The van der Waals surface area contributed by atoms with E-state index in [4.69, 9.17) is 10.7 Å². The lowest BCUT2D eigenvalue weighted by atomic mass is 10.1. The van der Waals surface area contributed by atoms with E-state index in [0.29, 0.717) is 5.95 Å². The molecule has 2 aliphatic heterocycles. The number of rotatable bonds is 3. The van der Waals surface area contributed by atoms with Crippen molar-refractivity contribution in [2.45, 2.75) is 52.1 Å².